The first-order valence-corrected chi connectivity index (χ1v) is 14.8. The van der Waals surface area contributed by atoms with Gasteiger partial charge in [0.2, 0.25) is 5.91 Å². The lowest BCUT2D eigenvalue weighted by molar-refractivity contribution is -0.250. The Labute approximate surface area is 253 Å². The number of likely N-dealkylation sites (tertiary alicyclic amines) is 1. The van der Waals surface area contributed by atoms with Crippen LogP contribution >= 0.6 is 11.3 Å². The molecule has 3 heterocycles. The smallest absolute Gasteiger partial charge is 0.309 e. The van der Waals surface area contributed by atoms with Crippen LogP contribution in [-0.4, -0.2) is 90.9 Å². The fourth-order valence-corrected chi connectivity index (χ4v) is 5.99. The quantitative estimate of drug-likeness (QED) is 0.243. The molecule has 2 amide bonds. The van der Waals surface area contributed by atoms with Gasteiger partial charge in [0.15, 0.2) is 30.6 Å². The minimum absolute atomic E-state index is 0.180. The molecule has 14 heteroatoms. The highest BCUT2D eigenvalue weighted by molar-refractivity contribution is 7.12. The van der Waals surface area contributed by atoms with Crippen molar-refractivity contribution in [2.24, 2.45) is 5.92 Å². The van der Waals surface area contributed by atoms with Crippen molar-refractivity contribution < 1.29 is 52.5 Å². The van der Waals surface area contributed by atoms with E-state index in [-0.39, 0.29) is 31.6 Å². The van der Waals surface area contributed by atoms with E-state index in [1.54, 1.807) is 24.3 Å². The van der Waals surface area contributed by atoms with Gasteiger partial charge in [-0.05, 0) is 51.3 Å². The molecule has 2 fully saturated rings. The molecule has 0 saturated carbocycles. The maximum atomic E-state index is 13.8. The van der Waals surface area contributed by atoms with Crippen molar-refractivity contribution in [2.75, 3.05) is 19.7 Å². The van der Waals surface area contributed by atoms with Gasteiger partial charge in [0.1, 0.15) is 0 Å². The third kappa shape index (κ3) is 9.10. The zero-order chi connectivity index (χ0) is 31.8. The molecule has 0 aliphatic carbocycles. The zero-order valence-electron chi connectivity index (χ0n) is 25.1. The number of amides is 2. The lowest BCUT2D eigenvalue weighted by atomic mass is 9.93. The summed E-state index contributed by atoms with van der Waals surface area (Å²) in [6.07, 6.45) is -3.94. The van der Waals surface area contributed by atoms with Gasteiger partial charge in [-0.3, -0.25) is 28.8 Å². The van der Waals surface area contributed by atoms with Crippen molar-refractivity contribution in [1.82, 2.24) is 10.2 Å². The summed E-state index contributed by atoms with van der Waals surface area (Å²) in [4.78, 5) is 78.9. The number of nitrogens with one attached hydrogen (secondary N) is 1. The first-order valence-electron chi connectivity index (χ1n) is 14.0. The maximum absolute atomic E-state index is 13.8. The highest BCUT2D eigenvalue weighted by Gasteiger charge is 2.55. The monoisotopic (exact) mass is 622 g/mol. The molecule has 236 valence electrons. The van der Waals surface area contributed by atoms with E-state index < -0.39 is 60.4 Å². The number of hydrogen-bond donors (Lipinski definition) is 1. The Balaban J connectivity index is 1.91. The normalized spacial score (nSPS) is 24.2. The van der Waals surface area contributed by atoms with Gasteiger partial charge >= 0.3 is 23.9 Å². The summed E-state index contributed by atoms with van der Waals surface area (Å²) in [7, 11) is 0. The van der Waals surface area contributed by atoms with E-state index in [0.717, 1.165) is 36.1 Å². The summed E-state index contributed by atoms with van der Waals surface area (Å²) in [5, 5.41) is 2.59. The second-order valence-corrected chi connectivity index (χ2v) is 11.7. The number of hydrogen-bond acceptors (Lipinski definition) is 12. The van der Waals surface area contributed by atoms with Crippen molar-refractivity contribution in [2.45, 2.75) is 85.0 Å². The van der Waals surface area contributed by atoms with Crippen LogP contribution in [0.4, 0.5) is 0 Å². The third-order valence-electron chi connectivity index (χ3n) is 6.89. The standard InChI is InChI=1S/C29H38N2O11S/c1-7-38-29(37)20-10-12-31(13-11-20)28(36)26-24(40-18(5)33)23(39-17(4)32)25(41-19(6)34)27(42-26)30-22(35)9-8-21-14-15(2)43-16(21)3/h8-9,14,20,23-27H,7,10-13H2,1-6H3,(H,30,35)/b9-8+. The number of piperidine rings is 1. The van der Waals surface area contributed by atoms with Gasteiger partial charge in [0.05, 0.1) is 12.5 Å². The van der Waals surface area contributed by atoms with Crippen molar-refractivity contribution in [1.29, 1.82) is 0 Å². The Kier molecular flexibility index (Phi) is 11.8. The van der Waals surface area contributed by atoms with Gasteiger partial charge in [-0.25, -0.2) is 0 Å². The Hall–Kier alpha value is -3.78. The number of ether oxygens (including phenoxy) is 5. The number of carbonyl (C=O) groups excluding carboxylic acids is 6. The Morgan fingerprint density at radius 2 is 1.53 bits per heavy atom. The summed E-state index contributed by atoms with van der Waals surface area (Å²) in [5.74, 6) is -4.39. The van der Waals surface area contributed by atoms with E-state index in [4.69, 9.17) is 23.7 Å². The average Bonchev–Trinajstić information content (AvgIpc) is 3.26. The zero-order valence-corrected chi connectivity index (χ0v) is 25.9. The molecule has 0 radical (unpaired) electrons. The van der Waals surface area contributed by atoms with Gasteiger partial charge in [-0.15, -0.1) is 11.3 Å². The molecule has 1 aromatic heterocycles. The second-order valence-electron chi connectivity index (χ2n) is 10.3. The average molecular weight is 623 g/mol. The third-order valence-corrected chi connectivity index (χ3v) is 7.87. The van der Waals surface area contributed by atoms with Gasteiger partial charge < -0.3 is 33.9 Å². The van der Waals surface area contributed by atoms with E-state index in [0.29, 0.717) is 12.8 Å². The topological polar surface area (TPSA) is 164 Å². The van der Waals surface area contributed by atoms with Crippen molar-refractivity contribution >= 4 is 53.1 Å². The summed E-state index contributed by atoms with van der Waals surface area (Å²) >= 11 is 1.57. The van der Waals surface area contributed by atoms with E-state index in [2.05, 4.69) is 5.32 Å². The van der Waals surface area contributed by atoms with Crippen molar-refractivity contribution in [3.05, 3.63) is 27.5 Å². The molecule has 5 atom stereocenters. The highest BCUT2D eigenvalue weighted by atomic mass is 32.1. The van der Waals surface area contributed by atoms with E-state index >= 15 is 0 Å². The van der Waals surface area contributed by atoms with Gasteiger partial charge in [-0.1, -0.05) is 0 Å². The van der Waals surface area contributed by atoms with E-state index in [9.17, 15) is 28.8 Å². The van der Waals surface area contributed by atoms with Crippen LogP contribution in [0.5, 0.6) is 0 Å². The summed E-state index contributed by atoms with van der Waals surface area (Å²) in [6, 6.07) is 1.92. The number of nitrogens with zero attached hydrogens (tertiary/aromatic N) is 1. The molecule has 13 nitrogen and oxygen atoms in total. The van der Waals surface area contributed by atoms with Crippen LogP contribution in [0.15, 0.2) is 12.1 Å². The van der Waals surface area contributed by atoms with Crippen molar-refractivity contribution in [3.63, 3.8) is 0 Å². The minimum Gasteiger partial charge on any atom is -0.466 e. The fraction of sp³-hybridized carbons (Fsp3) is 0.586. The van der Waals surface area contributed by atoms with Crippen LogP contribution in [0.25, 0.3) is 6.08 Å². The number of carbonyl (C=O) groups is 6. The molecule has 2 aliphatic heterocycles. The minimum atomic E-state index is -1.55. The first-order chi connectivity index (χ1) is 20.3. The Bertz CT molecular complexity index is 1250. The molecule has 3 rings (SSSR count). The van der Waals surface area contributed by atoms with Crippen LogP contribution in [-0.2, 0) is 52.5 Å². The molecule has 0 aromatic carbocycles. The fourth-order valence-electron chi connectivity index (χ4n) is 5.07. The molecule has 1 aromatic rings. The molecule has 5 unspecified atom stereocenters. The SMILES string of the molecule is CCOC(=O)C1CCN(C(=O)C2OC(NC(=O)/C=C/c3cc(C)sc3C)C(OC(C)=O)C(OC(C)=O)C2OC(C)=O)CC1. The molecule has 0 bridgehead atoms. The summed E-state index contributed by atoms with van der Waals surface area (Å²) in [5.41, 5.74) is 0.839. The van der Waals surface area contributed by atoms with Crippen LogP contribution in [0.3, 0.4) is 0 Å². The largest absolute Gasteiger partial charge is 0.466 e. The highest BCUT2D eigenvalue weighted by Crippen LogP contribution is 2.31. The van der Waals surface area contributed by atoms with Crippen molar-refractivity contribution in [3.8, 4) is 0 Å². The van der Waals surface area contributed by atoms with Crippen LogP contribution in [0, 0.1) is 19.8 Å². The first kappa shape index (κ1) is 33.7. The molecule has 2 aliphatic rings. The lowest BCUT2D eigenvalue weighted by Crippen LogP contribution is -2.68. The van der Waals surface area contributed by atoms with Crippen LogP contribution < -0.4 is 5.32 Å². The Morgan fingerprint density at radius 3 is 2.07 bits per heavy atom. The van der Waals surface area contributed by atoms with Gasteiger partial charge in [0, 0.05) is 49.7 Å². The molecular weight excluding hydrogens is 584 g/mol. The predicted octanol–water partition coefficient (Wildman–Crippen LogP) is 1.82. The predicted molar refractivity (Wildman–Crippen MR) is 152 cm³/mol. The molecular formula is C29H38N2O11S. The Morgan fingerprint density at radius 1 is 0.953 bits per heavy atom. The maximum Gasteiger partial charge on any atom is 0.309 e. The number of aryl methyl sites for hydroxylation is 2. The van der Waals surface area contributed by atoms with E-state index in [1.165, 1.54) is 11.0 Å². The number of rotatable bonds is 9. The van der Waals surface area contributed by atoms with Gasteiger partial charge in [-0.2, -0.15) is 0 Å². The summed E-state index contributed by atoms with van der Waals surface area (Å²) < 4.78 is 27.4. The molecule has 0 spiro atoms. The molecule has 1 N–H and O–H groups in total. The van der Waals surface area contributed by atoms with Gasteiger partial charge in [0.25, 0.3) is 5.91 Å². The lowest BCUT2D eigenvalue weighted by Gasteiger charge is -2.45. The number of esters is 4. The molecule has 2 saturated heterocycles. The number of thiophene rings is 1. The second kappa shape index (κ2) is 15.1. The van der Waals surface area contributed by atoms with E-state index in [1.807, 2.05) is 19.9 Å². The van der Waals surface area contributed by atoms with Crippen LogP contribution in [0.1, 0.15) is 55.9 Å². The van der Waals surface area contributed by atoms with Crippen LogP contribution in [0.2, 0.25) is 0 Å². The molecule has 43 heavy (non-hydrogen) atoms. The summed E-state index contributed by atoms with van der Waals surface area (Å²) in [6.45, 7) is 9.49.